The van der Waals surface area contributed by atoms with Gasteiger partial charge >= 0.3 is 0 Å². The molecule has 0 bridgehead atoms. The molecule has 0 spiro atoms. The summed E-state index contributed by atoms with van der Waals surface area (Å²) in [5.41, 5.74) is 0. The molecule has 0 aromatic heterocycles. The summed E-state index contributed by atoms with van der Waals surface area (Å²) in [7, 11) is 0. The fraction of sp³-hybridized carbons (Fsp3) is 0.714. The zero-order valence-electron chi connectivity index (χ0n) is 5.42. The van der Waals surface area contributed by atoms with Crippen LogP contribution in [0, 0.1) is 0 Å². The fourth-order valence-electron chi connectivity index (χ4n) is 0.967. The van der Waals surface area contributed by atoms with Crippen LogP contribution in [0.5, 0.6) is 0 Å². The molecule has 0 saturated carbocycles. The van der Waals surface area contributed by atoms with E-state index in [1.165, 1.54) is 0 Å². The first-order chi connectivity index (χ1) is 4.43. The van der Waals surface area contributed by atoms with Gasteiger partial charge in [0.2, 0.25) is 0 Å². The lowest BCUT2D eigenvalue weighted by Crippen LogP contribution is -1.98. The Labute approximate surface area is 55.1 Å². The first-order valence-corrected chi connectivity index (χ1v) is 3.32. The van der Waals surface area contributed by atoms with Gasteiger partial charge in [-0.25, -0.2) is 0 Å². The molecule has 0 aliphatic carbocycles. The standard InChI is InChI=1S/C7H12O2/c8-5-1-3-7-4-2-6-9-7/h1,3,7-8H,2,4-6H2. The van der Waals surface area contributed by atoms with Crippen LogP contribution in [0.15, 0.2) is 12.2 Å². The molecule has 1 aliphatic rings. The number of hydrogen-bond acceptors (Lipinski definition) is 2. The minimum atomic E-state index is 0.125. The van der Waals surface area contributed by atoms with Crippen LogP contribution in [0.1, 0.15) is 12.8 Å². The molecule has 9 heavy (non-hydrogen) atoms. The second-order valence-corrected chi connectivity index (χ2v) is 2.16. The van der Waals surface area contributed by atoms with Crippen LogP contribution in [-0.4, -0.2) is 24.4 Å². The quantitative estimate of drug-likeness (QED) is 0.555. The number of ether oxygens (including phenoxy) is 1. The predicted octanol–water partition coefficient (Wildman–Crippen LogP) is 0.714. The summed E-state index contributed by atoms with van der Waals surface area (Å²) in [6, 6.07) is 0. The van der Waals surface area contributed by atoms with E-state index in [0.29, 0.717) is 0 Å². The molecule has 0 amide bonds. The Kier molecular flexibility index (Phi) is 2.74. The van der Waals surface area contributed by atoms with Gasteiger partial charge in [-0.15, -0.1) is 0 Å². The summed E-state index contributed by atoms with van der Waals surface area (Å²) in [6.07, 6.45) is 6.19. The molecule has 1 heterocycles. The second-order valence-electron chi connectivity index (χ2n) is 2.16. The van der Waals surface area contributed by atoms with Gasteiger partial charge in [0, 0.05) is 6.61 Å². The van der Waals surface area contributed by atoms with Crippen molar-refractivity contribution in [3.63, 3.8) is 0 Å². The van der Waals surface area contributed by atoms with E-state index in [-0.39, 0.29) is 12.7 Å². The van der Waals surface area contributed by atoms with E-state index in [1.807, 2.05) is 6.08 Å². The van der Waals surface area contributed by atoms with Crippen molar-refractivity contribution in [2.24, 2.45) is 0 Å². The molecular formula is C7H12O2. The summed E-state index contributed by atoms with van der Waals surface area (Å²) >= 11 is 0. The lowest BCUT2D eigenvalue weighted by Gasteiger charge is -1.99. The molecule has 1 aliphatic heterocycles. The van der Waals surface area contributed by atoms with Crippen LogP contribution in [0.2, 0.25) is 0 Å². The van der Waals surface area contributed by atoms with Crippen molar-refractivity contribution >= 4 is 0 Å². The van der Waals surface area contributed by atoms with Crippen LogP contribution in [0.4, 0.5) is 0 Å². The highest BCUT2D eigenvalue weighted by Crippen LogP contribution is 2.12. The highest BCUT2D eigenvalue weighted by Gasteiger charge is 2.10. The maximum absolute atomic E-state index is 8.38. The zero-order chi connectivity index (χ0) is 6.53. The largest absolute Gasteiger partial charge is 0.392 e. The molecular weight excluding hydrogens is 116 g/mol. The van der Waals surface area contributed by atoms with Gasteiger partial charge in [-0.3, -0.25) is 0 Å². The molecule has 1 fully saturated rings. The summed E-state index contributed by atoms with van der Waals surface area (Å²) in [5, 5.41) is 8.38. The van der Waals surface area contributed by atoms with Crippen molar-refractivity contribution in [2.45, 2.75) is 18.9 Å². The summed E-state index contributed by atoms with van der Waals surface area (Å²) in [6.45, 7) is 1.00. The lowest BCUT2D eigenvalue weighted by atomic mass is 10.2. The molecule has 0 radical (unpaired) electrons. The molecule has 2 nitrogen and oxygen atoms in total. The number of aliphatic hydroxyl groups is 1. The Morgan fingerprint density at radius 1 is 1.67 bits per heavy atom. The van der Waals surface area contributed by atoms with Crippen molar-refractivity contribution in [3.05, 3.63) is 12.2 Å². The van der Waals surface area contributed by atoms with E-state index in [9.17, 15) is 0 Å². The smallest absolute Gasteiger partial charge is 0.0757 e. The number of aliphatic hydroxyl groups excluding tert-OH is 1. The van der Waals surface area contributed by atoms with Gasteiger partial charge in [0.05, 0.1) is 12.7 Å². The third kappa shape index (κ3) is 2.16. The van der Waals surface area contributed by atoms with Gasteiger partial charge in [0.1, 0.15) is 0 Å². The van der Waals surface area contributed by atoms with Crippen LogP contribution in [0.25, 0.3) is 0 Å². The number of rotatable bonds is 2. The van der Waals surface area contributed by atoms with Crippen LogP contribution >= 0.6 is 0 Å². The van der Waals surface area contributed by atoms with Gasteiger partial charge in [0.25, 0.3) is 0 Å². The van der Waals surface area contributed by atoms with Crippen LogP contribution in [-0.2, 0) is 4.74 Å². The van der Waals surface area contributed by atoms with E-state index < -0.39 is 0 Å². The minimum Gasteiger partial charge on any atom is -0.392 e. The van der Waals surface area contributed by atoms with E-state index in [1.54, 1.807) is 6.08 Å². The molecule has 1 saturated heterocycles. The Morgan fingerprint density at radius 2 is 2.56 bits per heavy atom. The molecule has 1 atom stereocenters. The highest BCUT2D eigenvalue weighted by molar-refractivity contribution is 4.90. The van der Waals surface area contributed by atoms with Crippen molar-refractivity contribution < 1.29 is 9.84 Å². The average Bonchev–Trinajstić information content (AvgIpc) is 2.34. The maximum Gasteiger partial charge on any atom is 0.0757 e. The lowest BCUT2D eigenvalue weighted by molar-refractivity contribution is 0.145. The predicted molar refractivity (Wildman–Crippen MR) is 35.2 cm³/mol. The van der Waals surface area contributed by atoms with E-state index in [2.05, 4.69) is 0 Å². The first-order valence-electron chi connectivity index (χ1n) is 3.32. The third-order valence-corrected chi connectivity index (χ3v) is 1.42. The molecule has 1 rings (SSSR count). The van der Waals surface area contributed by atoms with Crippen molar-refractivity contribution in [3.8, 4) is 0 Å². The topological polar surface area (TPSA) is 29.5 Å². The molecule has 0 aromatic carbocycles. The van der Waals surface area contributed by atoms with E-state index >= 15 is 0 Å². The molecule has 0 aromatic rings. The third-order valence-electron chi connectivity index (χ3n) is 1.42. The summed E-state index contributed by atoms with van der Waals surface area (Å²) in [5.74, 6) is 0. The van der Waals surface area contributed by atoms with E-state index in [0.717, 1.165) is 19.4 Å². The molecule has 2 heteroatoms. The second kappa shape index (κ2) is 3.64. The minimum absolute atomic E-state index is 0.125. The molecule has 52 valence electrons. The first kappa shape index (κ1) is 6.78. The van der Waals surface area contributed by atoms with E-state index in [4.69, 9.17) is 9.84 Å². The number of hydrogen-bond donors (Lipinski definition) is 1. The molecule has 1 unspecified atom stereocenters. The Balaban J connectivity index is 2.18. The van der Waals surface area contributed by atoms with Gasteiger partial charge in [-0.1, -0.05) is 12.2 Å². The fourth-order valence-corrected chi connectivity index (χ4v) is 0.967. The van der Waals surface area contributed by atoms with Crippen LogP contribution < -0.4 is 0 Å². The Morgan fingerprint density at radius 3 is 3.11 bits per heavy atom. The van der Waals surface area contributed by atoms with Gasteiger partial charge in [0.15, 0.2) is 0 Å². The van der Waals surface area contributed by atoms with Crippen LogP contribution in [0.3, 0.4) is 0 Å². The van der Waals surface area contributed by atoms with Crippen molar-refractivity contribution in [1.29, 1.82) is 0 Å². The Hall–Kier alpha value is -0.340. The van der Waals surface area contributed by atoms with Crippen molar-refractivity contribution in [2.75, 3.05) is 13.2 Å². The summed E-state index contributed by atoms with van der Waals surface area (Å²) in [4.78, 5) is 0. The normalized spacial score (nSPS) is 27.9. The Bertz CT molecular complexity index is 93.1. The summed E-state index contributed by atoms with van der Waals surface area (Å²) < 4.78 is 5.26. The van der Waals surface area contributed by atoms with Gasteiger partial charge in [-0.2, -0.15) is 0 Å². The average molecular weight is 128 g/mol. The maximum atomic E-state index is 8.38. The van der Waals surface area contributed by atoms with Gasteiger partial charge < -0.3 is 9.84 Å². The zero-order valence-corrected chi connectivity index (χ0v) is 5.42. The van der Waals surface area contributed by atoms with Gasteiger partial charge in [-0.05, 0) is 12.8 Å². The SMILES string of the molecule is OCC=CC1CCCO1. The molecule has 1 N–H and O–H groups in total. The highest BCUT2D eigenvalue weighted by atomic mass is 16.5. The monoisotopic (exact) mass is 128 g/mol. The van der Waals surface area contributed by atoms with Crippen molar-refractivity contribution in [1.82, 2.24) is 0 Å².